The first-order chi connectivity index (χ1) is 11.3. The lowest BCUT2D eigenvalue weighted by Gasteiger charge is -2.36. The third-order valence-electron chi connectivity index (χ3n) is 5.48. The van der Waals surface area contributed by atoms with Crippen LogP contribution in [0.15, 0.2) is 24.3 Å². The van der Waals surface area contributed by atoms with Crippen LogP contribution < -0.4 is 5.32 Å². The second kappa shape index (κ2) is 8.70. The summed E-state index contributed by atoms with van der Waals surface area (Å²) in [7, 11) is 0. The number of unbranched alkanes of at least 4 members (excludes halogenated alkanes) is 2. The molecule has 1 N–H and O–H groups in total. The molecule has 1 aromatic carbocycles. The van der Waals surface area contributed by atoms with Gasteiger partial charge >= 0.3 is 0 Å². The van der Waals surface area contributed by atoms with E-state index in [-0.39, 0.29) is 0 Å². The molecule has 128 valence electrons. The van der Waals surface area contributed by atoms with E-state index in [2.05, 4.69) is 46.3 Å². The summed E-state index contributed by atoms with van der Waals surface area (Å²) in [5.41, 5.74) is 2.86. The molecule has 0 aliphatic carbocycles. The first-order valence-corrected chi connectivity index (χ1v) is 9.64. The summed E-state index contributed by atoms with van der Waals surface area (Å²) in [5.74, 6) is 0. The molecule has 2 aliphatic rings. The number of benzene rings is 1. The van der Waals surface area contributed by atoms with Crippen molar-refractivity contribution in [2.75, 3.05) is 44.6 Å². The zero-order chi connectivity index (χ0) is 15.9. The Morgan fingerprint density at radius 3 is 2.52 bits per heavy atom. The molecule has 0 spiro atoms. The van der Waals surface area contributed by atoms with Crippen LogP contribution in [0.3, 0.4) is 0 Å². The molecule has 1 fully saturated rings. The predicted octanol–water partition coefficient (Wildman–Crippen LogP) is 3.61. The SMILES string of the molecule is CCCCCN1CCN(CCC2CCc3ccccc3N2)CC1. The highest BCUT2D eigenvalue weighted by Gasteiger charge is 2.20. The minimum atomic E-state index is 0.660. The Morgan fingerprint density at radius 2 is 1.74 bits per heavy atom. The number of aryl methyl sites for hydroxylation is 1. The molecule has 0 bridgehead atoms. The van der Waals surface area contributed by atoms with Crippen LogP contribution in [-0.2, 0) is 6.42 Å². The molecule has 2 aliphatic heterocycles. The van der Waals surface area contributed by atoms with E-state index in [1.54, 1.807) is 0 Å². The first-order valence-electron chi connectivity index (χ1n) is 9.64. The van der Waals surface area contributed by atoms with Gasteiger partial charge in [0, 0.05) is 44.5 Å². The molecular formula is C20H33N3. The highest BCUT2D eigenvalue weighted by atomic mass is 15.3. The van der Waals surface area contributed by atoms with E-state index in [4.69, 9.17) is 0 Å². The van der Waals surface area contributed by atoms with Crippen LogP contribution in [0.2, 0.25) is 0 Å². The number of fused-ring (bicyclic) bond motifs is 1. The Hall–Kier alpha value is -1.06. The van der Waals surface area contributed by atoms with Crippen molar-refractivity contribution in [3.63, 3.8) is 0 Å². The van der Waals surface area contributed by atoms with Crippen molar-refractivity contribution >= 4 is 5.69 Å². The van der Waals surface area contributed by atoms with Gasteiger partial charge in [0.2, 0.25) is 0 Å². The predicted molar refractivity (Wildman–Crippen MR) is 99.2 cm³/mol. The molecule has 2 heterocycles. The number of nitrogens with zero attached hydrogens (tertiary/aromatic N) is 2. The molecule has 3 rings (SSSR count). The molecular weight excluding hydrogens is 282 g/mol. The lowest BCUT2D eigenvalue weighted by molar-refractivity contribution is 0.128. The molecule has 0 radical (unpaired) electrons. The molecule has 3 nitrogen and oxygen atoms in total. The van der Waals surface area contributed by atoms with Crippen molar-refractivity contribution in [3.8, 4) is 0 Å². The lowest BCUT2D eigenvalue weighted by Crippen LogP contribution is -2.47. The van der Waals surface area contributed by atoms with Gasteiger partial charge in [-0.15, -0.1) is 0 Å². The average Bonchev–Trinajstić information content (AvgIpc) is 2.61. The van der Waals surface area contributed by atoms with Gasteiger partial charge in [0.05, 0.1) is 0 Å². The van der Waals surface area contributed by atoms with Crippen molar-refractivity contribution in [2.45, 2.75) is 51.5 Å². The van der Waals surface area contributed by atoms with Gasteiger partial charge in [-0.2, -0.15) is 0 Å². The van der Waals surface area contributed by atoms with Gasteiger partial charge in [-0.1, -0.05) is 38.0 Å². The van der Waals surface area contributed by atoms with Gasteiger partial charge in [-0.3, -0.25) is 0 Å². The Morgan fingerprint density at radius 1 is 1.00 bits per heavy atom. The lowest BCUT2D eigenvalue weighted by atomic mass is 9.96. The van der Waals surface area contributed by atoms with Gasteiger partial charge in [-0.25, -0.2) is 0 Å². The third-order valence-corrected chi connectivity index (χ3v) is 5.48. The number of hydrogen-bond acceptors (Lipinski definition) is 3. The van der Waals surface area contributed by atoms with Gasteiger partial charge in [0.25, 0.3) is 0 Å². The van der Waals surface area contributed by atoms with Crippen LogP contribution in [-0.4, -0.2) is 55.1 Å². The van der Waals surface area contributed by atoms with Gasteiger partial charge < -0.3 is 15.1 Å². The number of hydrogen-bond donors (Lipinski definition) is 1. The maximum atomic E-state index is 3.74. The molecule has 1 saturated heterocycles. The van der Waals surface area contributed by atoms with Crippen LogP contribution in [0, 0.1) is 0 Å². The van der Waals surface area contributed by atoms with E-state index in [0.717, 1.165) is 0 Å². The number of rotatable bonds is 7. The Bertz CT molecular complexity index is 466. The van der Waals surface area contributed by atoms with Crippen LogP contribution in [0.5, 0.6) is 0 Å². The Kier molecular flexibility index (Phi) is 6.35. The maximum absolute atomic E-state index is 3.74. The van der Waals surface area contributed by atoms with Crippen LogP contribution in [0.1, 0.15) is 44.6 Å². The second-order valence-electron chi connectivity index (χ2n) is 7.22. The zero-order valence-electron chi connectivity index (χ0n) is 14.8. The Balaban J connectivity index is 1.34. The fraction of sp³-hybridized carbons (Fsp3) is 0.700. The highest BCUT2D eigenvalue weighted by molar-refractivity contribution is 5.53. The quantitative estimate of drug-likeness (QED) is 0.776. The molecule has 0 aromatic heterocycles. The average molecular weight is 316 g/mol. The zero-order valence-corrected chi connectivity index (χ0v) is 14.8. The molecule has 0 saturated carbocycles. The van der Waals surface area contributed by atoms with Crippen molar-refractivity contribution in [1.82, 2.24) is 9.80 Å². The molecule has 1 unspecified atom stereocenters. The molecule has 23 heavy (non-hydrogen) atoms. The van der Waals surface area contributed by atoms with Crippen molar-refractivity contribution in [2.24, 2.45) is 0 Å². The number of piperazine rings is 1. The largest absolute Gasteiger partial charge is 0.382 e. The summed E-state index contributed by atoms with van der Waals surface area (Å²) < 4.78 is 0. The second-order valence-corrected chi connectivity index (χ2v) is 7.22. The Labute approximate surface area is 142 Å². The summed E-state index contributed by atoms with van der Waals surface area (Å²) in [6.07, 6.45) is 7.89. The molecule has 1 aromatic rings. The maximum Gasteiger partial charge on any atom is 0.0374 e. The first kappa shape index (κ1) is 16.8. The fourth-order valence-corrected chi connectivity index (χ4v) is 3.88. The van der Waals surface area contributed by atoms with E-state index < -0.39 is 0 Å². The monoisotopic (exact) mass is 315 g/mol. The van der Waals surface area contributed by atoms with Crippen molar-refractivity contribution in [3.05, 3.63) is 29.8 Å². The van der Waals surface area contributed by atoms with E-state index >= 15 is 0 Å². The summed E-state index contributed by atoms with van der Waals surface area (Å²) in [5, 5.41) is 3.74. The van der Waals surface area contributed by atoms with E-state index in [0.29, 0.717) is 6.04 Å². The van der Waals surface area contributed by atoms with Crippen molar-refractivity contribution < 1.29 is 0 Å². The third kappa shape index (κ3) is 4.95. The summed E-state index contributed by atoms with van der Waals surface area (Å²) >= 11 is 0. The summed E-state index contributed by atoms with van der Waals surface area (Å²) in [6.45, 7) is 9.90. The minimum absolute atomic E-state index is 0.660. The molecule has 1 atom stereocenters. The number of nitrogens with one attached hydrogen (secondary N) is 1. The number of para-hydroxylation sites is 1. The highest BCUT2D eigenvalue weighted by Crippen LogP contribution is 2.25. The fourth-order valence-electron chi connectivity index (χ4n) is 3.88. The van der Waals surface area contributed by atoms with E-state index in [9.17, 15) is 0 Å². The minimum Gasteiger partial charge on any atom is -0.382 e. The molecule has 3 heteroatoms. The van der Waals surface area contributed by atoms with Gasteiger partial charge in [0.15, 0.2) is 0 Å². The summed E-state index contributed by atoms with van der Waals surface area (Å²) in [6, 6.07) is 9.45. The summed E-state index contributed by atoms with van der Waals surface area (Å²) in [4.78, 5) is 5.32. The smallest absolute Gasteiger partial charge is 0.0374 e. The van der Waals surface area contributed by atoms with Gasteiger partial charge in [0.1, 0.15) is 0 Å². The van der Waals surface area contributed by atoms with Gasteiger partial charge in [-0.05, 0) is 43.9 Å². The normalized spacial score (nSPS) is 22.6. The standard InChI is InChI=1S/C20H33N3/c1-2-3-6-12-22-14-16-23(17-15-22)13-11-19-10-9-18-7-4-5-8-20(18)21-19/h4-5,7-8,19,21H,2-3,6,9-17H2,1H3. The number of anilines is 1. The topological polar surface area (TPSA) is 18.5 Å². The van der Waals surface area contributed by atoms with E-state index in [1.165, 1.54) is 89.0 Å². The van der Waals surface area contributed by atoms with E-state index in [1.807, 2.05) is 0 Å². The van der Waals surface area contributed by atoms with Crippen LogP contribution in [0.25, 0.3) is 0 Å². The molecule has 0 amide bonds. The van der Waals surface area contributed by atoms with Crippen LogP contribution in [0.4, 0.5) is 5.69 Å². The van der Waals surface area contributed by atoms with Crippen LogP contribution >= 0.6 is 0 Å². The van der Waals surface area contributed by atoms with Crippen molar-refractivity contribution in [1.29, 1.82) is 0 Å².